The van der Waals surface area contributed by atoms with Crippen molar-refractivity contribution in [1.29, 1.82) is 0 Å². The van der Waals surface area contributed by atoms with Crippen LogP contribution in [-0.4, -0.2) is 22.5 Å². The minimum atomic E-state index is -0.0505. The van der Waals surface area contributed by atoms with E-state index in [1.165, 1.54) is 0 Å². The van der Waals surface area contributed by atoms with Gasteiger partial charge < -0.3 is 5.11 Å². The molecular weight excluding hydrogens is 186 g/mol. The Balaban J connectivity index is 2.52. The first kappa shape index (κ1) is 10.3. The lowest BCUT2D eigenvalue weighted by Gasteiger charge is -2.09. The van der Waals surface area contributed by atoms with E-state index in [-0.39, 0.29) is 18.3 Å². The van der Waals surface area contributed by atoms with Crippen LogP contribution in [0, 0.1) is 5.92 Å². The fourth-order valence-electron chi connectivity index (χ4n) is 1.19. The summed E-state index contributed by atoms with van der Waals surface area (Å²) in [6.07, 6.45) is 3.03. The maximum Gasteiger partial charge on any atom is 0.133 e. The van der Waals surface area contributed by atoms with Crippen LogP contribution in [0.3, 0.4) is 0 Å². The Morgan fingerprint density at radius 2 is 2.54 bits per heavy atom. The van der Waals surface area contributed by atoms with E-state index >= 15 is 0 Å². The molecule has 1 unspecified atom stereocenters. The molecule has 1 aromatic heterocycles. The van der Waals surface area contributed by atoms with Crippen LogP contribution in [0.5, 0.6) is 0 Å². The quantitative estimate of drug-likeness (QED) is 0.777. The Labute approximate surface area is 81.4 Å². The van der Waals surface area contributed by atoms with Gasteiger partial charge in [-0.3, -0.25) is 9.78 Å². The van der Waals surface area contributed by atoms with Gasteiger partial charge in [-0.25, -0.2) is 0 Å². The molecule has 0 aromatic carbocycles. The fraction of sp³-hybridized carbons (Fsp3) is 0.556. The third-order valence-corrected chi connectivity index (χ3v) is 2.79. The normalized spacial score (nSPS) is 12.8. The van der Waals surface area contributed by atoms with Gasteiger partial charge in [0.2, 0.25) is 0 Å². The van der Waals surface area contributed by atoms with Crippen molar-refractivity contribution in [2.45, 2.75) is 19.8 Å². The summed E-state index contributed by atoms with van der Waals surface area (Å²) < 4.78 is 0. The Kier molecular flexibility index (Phi) is 4.05. The van der Waals surface area contributed by atoms with Gasteiger partial charge in [-0.2, -0.15) is 0 Å². The summed E-state index contributed by atoms with van der Waals surface area (Å²) in [5, 5.41) is 8.75. The minimum absolute atomic E-state index is 0.0505. The predicted molar refractivity (Wildman–Crippen MR) is 51.7 cm³/mol. The molecule has 0 spiro atoms. The molecule has 0 saturated carbocycles. The van der Waals surface area contributed by atoms with E-state index in [0.29, 0.717) is 12.8 Å². The molecule has 4 heteroatoms. The van der Waals surface area contributed by atoms with Gasteiger partial charge in [-0.1, -0.05) is 0 Å². The van der Waals surface area contributed by atoms with Gasteiger partial charge in [0.1, 0.15) is 5.78 Å². The van der Waals surface area contributed by atoms with Crippen LogP contribution in [0.25, 0.3) is 0 Å². The lowest BCUT2D eigenvalue weighted by molar-refractivity contribution is -0.121. The molecule has 0 aliphatic carbocycles. The average molecular weight is 199 g/mol. The first-order valence-electron chi connectivity index (χ1n) is 4.22. The standard InChI is InChI=1S/C9H13NO2S/c1-7(12)8(2-3-11)4-9-5-10-6-13-9/h5-6,8,11H,2-4H2,1H3. The van der Waals surface area contributed by atoms with Crippen LogP contribution in [-0.2, 0) is 11.2 Å². The molecule has 3 nitrogen and oxygen atoms in total. The Morgan fingerprint density at radius 1 is 1.77 bits per heavy atom. The topological polar surface area (TPSA) is 50.2 Å². The van der Waals surface area contributed by atoms with Crippen LogP contribution in [0.2, 0.25) is 0 Å². The second kappa shape index (κ2) is 5.09. The number of hydrogen-bond donors (Lipinski definition) is 1. The third-order valence-electron chi connectivity index (χ3n) is 1.98. The summed E-state index contributed by atoms with van der Waals surface area (Å²) in [5.74, 6) is 0.0906. The van der Waals surface area contributed by atoms with Crippen molar-refractivity contribution >= 4 is 17.1 Å². The van der Waals surface area contributed by atoms with Crippen molar-refractivity contribution in [3.05, 3.63) is 16.6 Å². The fourth-order valence-corrected chi connectivity index (χ4v) is 1.87. The smallest absolute Gasteiger partial charge is 0.133 e. The summed E-state index contributed by atoms with van der Waals surface area (Å²) in [7, 11) is 0. The molecule has 0 bridgehead atoms. The van der Waals surface area contributed by atoms with E-state index in [2.05, 4.69) is 4.98 Å². The van der Waals surface area contributed by atoms with Crippen LogP contribution in [0.1, 0.15) is 18.2 Å². The second-order valence-corrected chi connectivity index (χ2v) is 3.96. The maximum atomic E-state index is 11.1. The van der Waals surface area contributed by atoms with Gasteiger partial charge in [0, 0.05) is 23.6 Å². The van der Waals surface area contributed by atoms with E-state index in [9.17, 15) is 4.79 Å². The van der Waals surface area contributed by atoms with Crippen LogP contribution in [0.15, 0.2) is 11.7 Å². The number of nitrogens with zero attached hydrogens (tertiary/aromatic N) is 1. The zero-order valence-corrected chi connectivity index (χ0v) is 8.38. The van der Waals surface area contributed by atoms with Crippen molar-refractivity contribution in [2.75, 3.05) is 6.61 Å². The molecule has 0 fully saturated rings. The number of aromatic nitrogens is 1. The molecule has 1 heterocycles. The monoisotopic (exact) mass is 199 g/mol. The van der Waals surface area contributed by atoms with Crippen LogP contribution < -0.4 is 0 Å². The lowest BCUT2D eigenvalue weighted by Crippen LogP contribution is -2.14. The molecule has 0 aliphatic rings. The second-order valence-electron chi connectivity index (χ2n) is 2.99. The number of thiazole rings is 1. The molecule has 1 N–H and O–H groups in total. The number of carbonyl (C=O) groups excluding carboxylic acids is 1. The average Bonchev–Trinajstić information content (AvgIpc) is 2.56. The van der Waals surface area contributed by atoms with Crippen molar-refractivity contribution in [2.24, 2.45) is 5.92 Å². The molecule has 1 rings (SSSR count). The Morgan fingerprint density at radius 3 is 3.00 bits per heavy atom. The lowest BCUT2D eigenvalue weighted by atomic mass is 9.97. The SMILES string of the molecule is CC(=O)C(CCO)Cc1cncs1. The zero-order chi connectivity index (χ0) is 9.68. The predicted octanol–water partition coefficient (Wildman–Crippen LogP) is 1.27. The summed E-state index contributed by atoms with van der Waals surface area (Å²) >= 11 is 1.55. The number of hydrogen-bond acceptors (Lipinski definition) is 4. The van der Waals surface area contributed by atoms with E-state index in [1.54, 1.807) is 30.0 Å². The highest BCUT2D eigenvalue weighted by atomic mass is 32.1. The van der Waals surface area contributed by atoms with Crippen molar-refractivity contribution in [1.82, 2.24) is 4.98 Å². The number of Topliss-reactive ketones (excluding diaryl/α,β-unsaturated/α-hetero) is 1. The third kappa shape index (κ3) is 3.24. The van der Waals surface area contributed by atoms with Crippen molar-refractivity contribution in [3.8, 4) is 0 Å². The Bertz CT molecular complexity index is 259. The molecule has 72 valence electrons. The summed E-state index contributed by atoms with van der Waals surface area (Å²) in [6, 6.07) is 0. The van der Waals surface area contributed by atoms with Gasteiger partial charge in [0.25, 0.3) is 0 Å². The van der Waals surface area contributed by atoms with E-state index in [4.69, 9.17) is 5.11 Å². The number of aliphatic hydroxyl groups is 1. The highest BCUT2D eigenvalue weighted by Crippen LogP contribution is 2.15. The van der Waals surface area contributed by atoms with Crippen molar-refractivity contribution in [3.63, 3.8) is 0 Å². The summed E-state index contributed by atoms with van der Waals surface area (Å²) in [5.41, 5.74) is 1.76. The van der Waals surface area contributed by atoms with Gasteiger partial charge in [-0.05, 0) is 19.8 Å². The maximum absolute atomic E-state index is 11.1. The van der Waals surface area contributed by atoms with Gasteiger partial charge in [-0.15, -0.1) is 11.3 Å². The number of carbonyl (C=O) groups is 1. The van der Waals surface area contributed by atoms with E-state index < -0.39 is 0 Å². The zero-order valence-electron chi connectivity index (χ0n) is 7.56. The molecule has 0 saturated heterocycles. The highest BCUT2D eigenvalue weighted by molar-refractivity contribution is 7.09. The molecular formula is C9H13NO2S. The molecule has 0 amide bonds. The number of rotatable bonds is 5. The molecule has 13 heavy (non-hydrogen) atoms. The number of aliphatic hydroxyl groups excluding tert-OH is 1. The number of ketones is 1. The van der Waals surface area contributed by atoms with Gasteiger partial charge in [0.05, 0.1) is 5.51 Å². The van der Waals surface area contributed by atoms with Gasteiger partial charge in [0.15, 0.2) is 0 Å². The highest BCUT2D eigenvalue weighted by Gasteiger charge is 2.14. The van der Waals surface area contributed by atoms with Gasteiger partial charge >= 0.3 is 0 Å². The molecule has 1 aromatic rings. The van der Waals surface area contributed by atoms with E-state index in [0.717, 1.165) is 4.88 Å². The van der Waals surface area contributed by atoms with E-state index in [1.807, 2.05) is 0 Å². The molecule has 1 atom stereocenters. The van der Waals surface area contributed by atoms with Crippen LogP contribution in [0.4, 0.5) is 0 Å². The first-order valence-corrected chi connectivity index (χ1v) is 5.10. The summed E-state index contributed by atoms with van der Waals surface area (Å²) in [4.78, 5) is 16.2. The minimum Gasteiger partial charge on any atom is -0.396 e. The van der Waals surface area contributed by atoms with Crippen LogP contribution >= 0.6 is 11.3 Å². The largest absolute Gasteiger partial charge is 0.396 e. The molecule has 0 aliphatic heterocycles. The molecule has 0 radical (unpaired) electrons. The van der Waals surface area contributed by atoms with Crippen molar-refractivity contribution < 1.29 is 9.90 Å². The first-order chi connectivity index (χ1) is 6.24. The Hall–Kier alpha value is -0.740. The summed E-state index contributed by atoms with van der Waals surface area (Å²) in [6.45, 7) is 1.64.